The highest BCUT2D eigenvalue weighted by atomic mass is 32.2. The van der Waals surface area contributed by atoms with Crippen LogP contribution in [0.25, 0.3) is 0 Å². The number of ether oxygens (including phenoxy) is 1. The number of nitrogens with zero attached hydrogens (tertiary/aromatic N) is 1. The maximum absolute atomic E-state index is 12.0. The van der Waals surface area contributed by atoms with Crippen LogP contribution in [0.3, 0.4) is 0 Å². The molecule has 0 unspecified atom stereocenters. The molecule has 1 aliphatic heterocycles. The molecule has 0 aromatic heterocycles. The molecule has 1 saturated heterocycles. The quantitative estimate of drug-likeness (QED) is 0.815. The second-order valence-electron chi connectivity index (χ2n) is 3.65. The zero-order valence-electron chi connectivity index (χ0n) is 8.83. The van der Waals surface area contributed by atoms with Crippen molar-refractivity contribution in [2.45, 2.75) is 11.0 Å². The molecule has 1 N–H and O–H groups in total. The third-order valence-electron chi connectivity index (χ3n) is 2.51. The zero-order chi connectivity index (χ0) is 11.8. The maximum atomic E-state index is 12.0. The molecule has 1 aromatic carbocycles. The van der Waals surface area contributed by atoms with E-state index in [9.17, 15) is 8.42 Å². The van der Waals surface area contributed by atoms with Gasteiger partial charge in [0.1, 0.15) is 5.75 Å². The number of sulfonamides is 1. The van der Waals surface area contributed by atoms with Crippen LogP contribution in [0.5, 0.6) is 5.75 Å². The number of aliphatic hydroxyl groups is 1. The van der Waals surface area contributed by atoms with Crippen molar-refractivity contribution in [1.82, 2.24) is 4.31 Å². The first kappa shape index (κ1) is 11.4. The predicted molar refractivity (Wildman–Crippen MR) is 57.8 cm³/mol. The van der Waals surface area contributed by atoms with E-state index < -0.39 is 16.1 Å². The second-order valence-corrected chi connectivity index (χ2v) is 5.59. The lowest BCUT2D eigenvalue weighted by molar-refractivity contribution is 0.0548. The van der Waals surface area contributed by atoms with Gasteiger partial charge >= 0.3 is 0 Å². The van der Waals surface area contributed by atoms with E-state index in [-0.39, 0.29) is 18.0 Å². The fourth-order valence-corrected chi connectivity index (χ4v) is 3.07. The molecule has 0 atom stereocenters. The molecule has 0 radical (unpaired) electrons. The molecule has 0 spiro atoms. The van der Waals surface area contributed by atoms with E-state index in [1.807, 2.05) is 0 Å². The summed E-state index contributed by atoms with van der Waals surface area (Å²) in [5.74, 6) is 0.502. The molecular formula is C10H13NO4S. The van der Waals surface area contributed by atoms with E-state index >= 15 is 0 Å². The van der Waals surface area contributed by atoms with Gasteiger partial charge in [0.05, 0.1) is 18.1 Å². The summed E-state index contributed by atoms with van der Waals surface area (Å²) in [7, 11) is -1.99. The summed E-state index contributed by atoms with van der Waals surface area (Å²) in [5.41, 5.74) is 0. The topological polar surface area (TPSA) is 66.8 Å². The molecule has 88 valence electrons. The highest BCUT2D eigenvalue weighted by Gasteiger charge is 2.35. The van der Waals surface area contributed by atoms with Crippen molar-refractivity contribution < 1.29 is 18.3 Å². The monoisotopic (exact) mass is 243 g/mol. The number of β-amino-alcohol motifs (C(OH)–C–C–N with tert-alkyl or cyclic N) is 1. The normalized spacial score (nSPS) is 18.1. The van der Waals surface area contributed by atoms with Crippen molar-refractivity contribution in [1.29, 1.82) is 0 Å². The van der Waals surface area contributed by atoms with Gasteiger partial charge in [-0.2, -0.15) is 4.31 Å². The summed E-state index contributed by atoms with van der Waals surface area (Å²) in [4.78, 5) is 0.193. The van der Waals surface area contributed by atoms with Gasteiger partial charge in [-0.25, -0.2) is 8.42 Å². The van der Waals surface area contributed by atoms with Crippen molar-refractivity contribution in [3.8, 4) is 5.75 Å². The lowest BCUT2D eigenvalue weighted by Crippen LogP contribution is -2.53. The van der Waals surface area contributed by atoms with Crippen molar-refractivity contribution >= 4 is 10.0 Å². The smallest absolute Gasteiger partial charge is 0.243 e. The van der Waals surface area contributed by atoms with Crippen molar-refractivity contribution in [2.24, 2.45) is 0 Å². The molecule has 5 nitrogen and oxygen atoms in total. The SMILES string of the molecule is COc1cccc(S(=O)(=O)N2CC(O)C2)c1. The Bertz CT molecular complexity index is 479. The van der Waals surface area contributed by atoms with Crippen LogP contribution in [0.1, 0.15) is 0 Å². The van der Waals surface area contributed by atoms with Gasteiger partial charge in [-0.05, 0) is 12.1 Å². The highest BCUT2D eigenvalue weighted by molar-refractivity contribution is 7.89. The largest absolute Gasteiger partial charge is 0.497 e. The van der Waals surface area contributed by atoms with E-state index in [2.05, 4.69) is 0 Å². The molecule has 0 amide bonds. The van der Waals surface area contributed by atoms with E-state index in [0.717, 1.165) is 0 Å². The Labute approximate surface area is 94.3 Å². The van der Waals surface area contributed by atoms with Gasteiger partial charge < -0.3 is 9.84 Å². The Balaban J connectivity index is 2.29. The summed E-state index contributed by atoms with van der Waals surface area (Å²) >= 11 is 0. The maximum Gasteiger partial charge on any atom is 0.243 e. The van der Waals surface area contributed by atoms with Crippen LogP contribution in [0.2, 0.25) is 0 Å². The molecule has 0 bridgehead atoms. The average molecular weight is 243 g/mol. The summed E-state index contributed by atoms with van der Waals surface area (Å²) in [6.45, 7) is 0.332. The summed E-state index contributed by atoms with van der Waals surface area (Å²) < 4.78 is 30.2. The van der Waals surface area contributed by atoms with Crippen LogP contribution < -0.4 is 4.74 Å². The summed E-state index contributed by atoms with van der Waals surface area (Å²) in [6.07, 6.45) is -0.541. The number of hydrogen-bond acceptors (Lipinski definition) is 4. The van der Waals surface area contributed by atoms with Crippen molar-refractivity contribution in [3.05, 3.63) is 24.3 Å². The van der Waals surface area contributed by atoms with Crippen LogP contribution in [-0.2, 0) is 10.0 Å². The van der Waals surface area contributed by atoms with Crippen molar-refractivity contribution in [3.63, 3.8) is 0 Å². The van der Waals surface area contributed by atoms with Crippen LogP contribution in [-0.4, -0.2) is 44.1 Å². The lowest BCUT2D eigenvalue weighted by atomic mass is 10.2. The number of benzene rings is 1. The van der Waals surface area contributed by atoms with Crippen LogP contribution in [0.4, 0.5) is 0 Å². The van der Waals surface area contributed by atoms with Gasteiger partial charge in [0.25, 0.3) is 0 Å². The molecule has 1 fully saturated rings. The summed E-state index contributed by atoms with van der Waals surface area (Å²) in [5, 5.41) is 9.10. The van der Waals surface area contributed by atoms with Crippen LogP contribution in [0.15, 0.2) is 29.2 Å². The summed E-state index contributed by atoms with van der Waals surface area (Å²) in [6, 6.07) is 6.30. The van der Waals surface area contributed by atoms with E-state index in [1.54, 1.807) is 12.1 Å². The van der Waals surface area contributed by atoms with Gasteiger partial charge in [-0.3, -0.25) is 0 Å². The molecule has 0 saturated carbocycles. The zero-order valence-corrected chi connectivity index (χ0v) is 9.64. The fourth-order valence-electron chi connectivity index (χ4n) is 1.52. The Morgan fingerprint density at radius 2 is 2.12 bits per heavy atom. The van der Waals surface area contributed by atoms with Gasteiger partial charge in [0.15, 0.2) is 0 Å². The van der Waals surface area contributed by atoms with Crippen molar-refractivity contribution in [2.75, 3.05) is 20.2 Å². The Hall–Kier alpha value is -1.11. The lowest BCUT2D eigenvalue weighted by Gasteiger charge is -2.34. The minimum absolute atomic E-state index is 0.166. The fraction of sp³-hybridized carbons (Fsp3) is 0.400. The van der Waals surface area contributed by atoms with Gasteiger partial charge in [-0.15, -0.1) is 0 Å². The molecule has 1 aliphatic rings. The molecule has 1 heterocycles. The molecule has 1 aromatic rings. The minimum atomic E-state index is -3.47. The number of rotatable bonds is 3. The number of hydrogen-bond donors (Lipinski definition) is 1. The Morgan fingerprint density at radius 1 is 1.44 bits per heavy atom. The third kappa shape index (κ3) is 1.91. The first-order valence-electron chi connectivity index (χ1n) is 4.86. The van der Waals surface area contributed by atoms with Crippen LogP contribution >= 0.6 is 0 Å². The first-order chi connectivity index (χ1) is 7.54. The second kappa shape index (κ2) is 4.04. The van der Waals surface area contributed by atoms with E-state index in [0.29, 0.717) is 5.75 Å². The third-order valence-corrected chi connectivity index (χ3v) is 4.34. The van der Waals surface area contributed by atoms with Gasteiger partial charge in [-0.1, -0.05) is 6.07 Å². The molecule has 0 aliphatic carbocycles. The Morgan fingerprint density at radius 3 is 2.69 bits per heavy atom. The Kier molecular flexibility index (Phi) is 2.88. The van der Waals surface area contributed by atoms with Gasteiger partial charge in [0.2, 0.25) is 10.0 Å². The minimum Gasteiger partial charge on any atom is -0.497 e. The van der Waals surface area contributed by atoms with Gasteiger partial charge in [0, 0.05) is 19.2 Å². The highest BCUT2D eigenvalue weighted by Crippen LogP contribution is 2.24. The first-order valence-corrected chi connectivity index (χ1v) is 6.30. The van der Waals surface area contributed by atoms with E-state index in [1.165, 1.54) is 23.5 Å². The average Bonchev–Trinajstić information content (AvgIpc) is 2.25. The number of methoxy groups -OCH3 is 1. The number of aliphatic hydroxyl groups excluding tert-OH is 1. The molecule has 16 heavy (non-hydrogen) atoms. The standard InChI is InChI=1S/C10H13NO4S/c1-15-9-3-2-4-10(5-9)16(13,14)11-6-8(12)7-11/h2-5,8,12H,6-7H2,1H3. The molecular weight excluding hydrogens is 230 g/mol. The molecule has 2 rings (SSSR count). The molecule has 6 heteroatoms. The van der Waals surface area contributed by atoms with E-state index in [4.69, 9.17) is 9.84 Å². The predicted octanol–water partition coefficient (Wildman–Crippen LogP) is 0.0604. The van der Waals surface area contributed by atoms with Crippen LogP contribution in [0, 0.1) is 0 Å².